The first-order chi connectivity index (χ1) is 6.38. The van der Waals surface area contributed by atoms with Crippen molar-refractivity contribution in [3.63, 3.8) is 0 Å². The number of nitrogens with zero attached hydrogens (tertiary/aromatic N) is 1. The molecule has 0 amide bonds. The highest BCUT2D eigenvalue weighted by atomic mass is 16.3. The third-order valence-corrected chi connectivity index (χ3v) is 1.88. The van der Waals surface area contributed by atoms with Gasteiger partial charge >= 0.3 is 0 Å². The van der Waals surface area contributed by atoms with E-state index >= 15 is 0 Å². The number of hydrogen-bond acceptors (Lipinski definition) is 3. The lowest BCUT2D eigenvalue weighted by molar-refractivity contribution is 0.474. The third-order valence-electron chi connectivity index (χ3n) is 1.88. The molecule has 0 bridgehead atoms. The van der Waals surface area contributed by atoms with Crippen LogP contribution in [-0.2, 0) is 0 Å². The average Bonchev–Trinajstić information content (AvgIpc) is 2.71. The van der Waals surface area contributed by atoms with Gasteiger partial charge in [0.15, 0.2) is 0 Å². The standard InChI is InChI=1S/C10H10N2O/c11-9(10-12-6-7-13-10)8-4-2-1-3-5-8/h1-7,9H,11H2/t9-/m1/s1. The minimum Gasteiger partial charge on any atom is -0.447 e. The largest absolute Gasteiger partial charge is 0.447 e. The minimum atomic E-state index is -0.267. The molecule has 0 aliphatic heterocycles. The van der Waals surface area contributed by atoms with Gasteiger partial charge in [-0.2, -0.15) is 0 Å². The van der Waals surface area contributed by atoms with E-state index in [1.165, 1.54) is 6.26 Å². The molecule has 2 N–H and O–H groups in total. The molecule has 3 nitrogen and oxygen atoms in total. The Kier molecular flexibility index (Phi) is 2.10. The Balaban J connectivity index is 2.29. The Bertz CT molecular complexity index is 356. The smallest absolute Gasteiger partial charge is 0.215 e. The van der Waals surface area contributed by atoms with Crippen molar-refractivity contribution in [1.82, 2.24) is 4.98 Å². The van der Waals surface area contributed by atoms with E-state index in [2.05, 4.69) is 4.98 Å². The van der Waals surface area contributed by atoms with E-state index in [4.69, 9.17) is 10.2 Å². The Labute approximate surface area is 76.2 Å². The first kappa shape index (κ1) is 8.01. The van der Waals surface area contributed by atoms with Crippen LogP contribution in [0.2, 0.25) is 0 Å². The van der Waals surface area contributed by atoms with Crippen LogP contribution in [-0.4, -0.2) is 4.98 Å². The van der Waals surface area contributed by atoms with Gasteiger partial charge in [0.05, 0.1) is 6.20 Å². The van der Waals surface area contributed by atoms with Crippen molar-refractivity contribution < 1.29 is 4.42 Å². The van der Waals surface area contributed by atoms with Crippen LogP contribution in [0.15, 0.2) is 47.2 Å². The van der Waals surface area contributed by atoms with Gasteiger partial charge in [-0.3, -0.25) is 0 Å². The first-order valence-corrected chi connectivity index (χ1v) is 4.08. The lowest BCUT2D eigenvalue weighted by Crippen LogP contribution is -2.11. The van der Waals surface area contributed by atoms with Gasteiger partial charge in [0.2, 0.25) is 5.89 Å². The van der Waals surface area contributed by atoms with Crippen molar-refractivity contribution in [3.05, 3.63) is 54.2 Å². The molecule has 0 fully saturated rings. The van der Waals surface area contributed by atoms with Gasteiger partial charge in [0.25, 0.3) is 0 Å². The summed E-state index contributed by atoms with van der Waals surface area (Å²) >= 11 is 0. The van der Waals surface area contributed by atoms with Crippen molar-refractivity contribution in [2.45, 2.75) is 6.04 Å². The summed E-state index contributed by atoms with van der Waals surface area (Å²) in [6, 6.07) is 9.47. The van der Waals surface area contributed by atoms with Gasteiger partial charge in [-0.05, 0) is 5.56 Å². The molecule has 0 aliphatic rings. The summed E-state index contributed by atoms with van der Waals surface area (Å²) in [4.78, 5) is 4.00. The Morgan fingerprint density at radius 1 is 1.23 bits per heavy atom. The maximum atomic E-state index is 5.90. The zero-order valence-electron chi connectivity index (χ0n) is 7.05. The molecule has 0 saturated heterocycles. The molecule has 2 rings (SSSR count). The molecule has 0 spiro atoms. The summed E-state index contributed by atoms with van der Waals surface area (Å²) in [6.07, 6.45) is 3.12. The number of benzene rings is 1. The lowest BCUT2D eigenvalue weighted by Gasteiger charge is -2.06. The first-order valence-electron chi connectivity index (χ1n) is 4.08. The topological polar surface area (TPSA) is 52.0 Å². The SMILES string of the molecule is N[C@H](c1ccccc1)c1ncco1. The second kappa shape index (κ2) is 3.41. The van der Waals surface area contributed by atoms with Gasteiger partial charge < -0.3 is 10.2 Å². The quantitative estimate of drug-likeness (QED) is 0.754. The molecule has 1 aromatic heterocycles. The molecule has 0 aliphatic carbocycles. The number of oxazole rings is 1. The number of nitrogens with two attached hydrogens (primary N) is 1. The molecule has 1 atom stereocenters. The molecule has 0 saturated carbocycles. The average molecular weight is 174 g/mol. The summed E-state index contributed by atoms with van der Waals surface area (Å²) in [5, 5.41) is 0. The monoisotopic (exact) mass is 174 g/mol. The van der Waals surface area contributed by atoms with Crippen LogP contribution in [0.3, 0.4) is 0 Å². The third kappa shape index (κ3) is 1.60. The molecular formula is C10H10N2O. The van der Waals surface area contributed by atoms with E-state index in [0.717, 1.165) is 5.56 Å². The molecule has 66 valence electrons. The van der Waals surface area contributed by atoms with Crippen molar-refractivity contribution in [1.29, 1.82) is 0 Å². The normalized spacial score (nSPS) is 12.7. The molecule has 0 unspecified atom stereocenters. The van der Waals surface area contributed by atoms with E-state index in [9.17, 15) is 0 Å². The summed E-state index contributed by atoms with van der Waals surface area (Å²) in [7, 11) is 0. The fourth-order valence-corrected chi connectivity index (χ4v) is 1.19. The molecule has 1 aromatic carbocycles. The van der Waals surface area contributed by atoms with Crippen LogP contribution >= 0.6 is 0 Å². The van der Waals surface area contributed by atoms with E-state index in [0.29, 0.717) is 5.89 Å². The minimum absolute atomic E-state index is 0.267. The van der Waals surface area contributed by atoms with Gasteiger partial charge in [-0.15, -0.1) is 0 Å². The highest BCUT2D eigenvalue weighted by molar-refractivity contribution is 5.22. The Hall–Kier alpha value is -1.61. The van der Waals surface area contributed by atoms with Gasteiger partial charge in [-0.1, -0.05) is 30.3 Å². The fraction of sp³-hybridized carbons (Fsp3) is 0.100. The fourth-order valence-electron chi connectivity index (χ4n) is 1.19. The van der Waals surface area contributed by atoms with Crippen molar-refractivity contribution >= 4 is 0 Å². The number of hydrogen-bond donors (Lipinski definition) is 1. The highest BCUT2D eigenvalue weighted by Crippen LogP contribution is 2.16. The zero-order chi connectivity index (χ0) is 9.10. The second-order valence-electron chi connectivity index (χ2n) is 2.76. The van der Waals surface area contributed by atoms with E-state index < -0.39 is 0 Å². The molecule has 3 heteroatoms. The second-order valence-corrected chi connectivity index (χ2v) is 2.76. The van der Waals surface area contributed by atoms with Crippen LogP contribution in [0.25, 0.3) is 0 Å². The molecule has 1 heterocycles. The maximum absolute atomic E-state index is 5.90. The van der Waals surface area contributed by atoms with Crippen LogP contribution in [0.1, 0.15) is 17.5 Å². The predicted molar refractivity (Wildman–Crippen MR) is 49.0 cm³/mol. The van der Waals surface area contributed by atoms with Crippen molar-refractivity contribution in [2.24, 2.45) is 5.73 Å². The van der Waals surface area contributed by atoms with Crippen LogP contribution in [0.5, 0.6) is 0 Å². The zero-order valence-corrected chi connectivity index (χ0v) is 7.05. The van der Waals surface area contributed by atoms with Gasteiger partial charge in [-0.25, -0.2) is 4.98 Å². The Morgan fingerprint density at radius 2 is 2.00 bits per heavy atom. The number of rotatable bonds is 2. The van der Waals surface area contributed by atoms with Crippen LogP contribution in [0.4, 0.5) is 0 Å². The molecule has 2 aromatic rings. The van der Waals surface area contributed by atoms with Crippen molar-refractivity contribution in [3.8, 4) is 0 Å². The summed E-state index contributed by atoms with van der Waals surface area (Å²) in [6.45, 7) is 0. The highest BCUT2D eigenvalue weighted by Gasteiger charge is 2.11. The summed E-state index contributed by atoms with van der Waals surface area (Å²) in [5.74, 6) is 0.547. The van der Waals surface area contributed by atoms with E-state index in [1.807, 2.05) is 30.3 Å². The van der Waals surface area contributed by atoms with Crippen molar-refractivity contribution in [2.75, 3.05) is 0 Å². The lowest BCUT2D eigenvalue weighted by atomic mass is 10.1. The number of aromatic nitrogens is 1. The van der Waals surface area contributed by atoms with Gasteiger partial charge in [0, 0.05) is 0 Å². The summed E-state index contributed by atoms with van der Waals surface area (Å²) < 4.78 is 5.11. The predicted octanol–water partition coefficient (Wildman–Crippen LogP) is 1.72. The van der Waals surface area contributed by atoms with Crippen LogP contribution < -0.4 is 5.73 Å². The summed E-state index contributed by atoms with van der Waals surface area (Å²) in [5.41, 5.74) is 6.91. The Morgan fingerprint density at radius 3 is 2.62 bits per heavy atom. The maximum Gasteiger partial charge on any atom is 0.215 e. The van der Waals surface area contributed by atoms with E-state index in [1.54, 1.807) is 6.20 Å². The molecule has 13 heavy (non-hydrogen) atoms. The molecule has 0 radical (unpaired) electrons. The van der Waals surface area contributed by atoms with Crippen LogP contribution in [0, 0.1) is 0 Å². The van der Waals surface area contributed by atoms with Gasteiger partial charge in [0.1, 0.15) is 12.3 Å². The van der Waals surface area contributed by atoms with E-state index in [-0.39, 0.29) is 6.04 Å². The molecular weight excluding hydrogens is 164 g/mol.